The van der Waals surface area contributed by atoms with Crippen molar-refractivity contribution < 1.29 is 4.79 Å². The number of unbranched alkanes of at least 4 members (excludes halogenated alkanes) is 1. The SMILES string of the molecule is CCCCC(=O)Nc1cncc(-c2ccc3[nH]nc(-c4cc5c(-c6cccnc6)cccc5[nH]4)c3c2)c1. The highest BCUT2D eigenvalue weighted by molar-refractivity contribution is 6.02. The highest BCUT2D eigenvalue weighted by Crippen LogP contribution is 2.35. The summed E-state index contributed by atoms with van der Waals surface area (Å²) in [4.78, 5) is 24.4. The number of aromatic amines is 2. The Morgan fingerprint density at radius 1 is 0.865 bits per heavy atom. The predicted octanol–water partition coefficient (Wildman–Crippen LogP) is 6.96. The minimum atomic E-state index is 0.0119. The van der Waals surface area contributed by atoms with Crippen molar-refractivity contribution in [2.75, 3.05) is 5.32 Å². The molecule has 0 spiro atoms. The van der Waals surface area contributed by atoms with Gasteiger partial charge in [0.2, 0.25) is 5.91 Å². The Morgan fingerprint density at radius 2 is 1.78 bits per heavy atom. The number of hydrogen-bond donors (Lipinski definition) is 3. The number of rotatable bonds is 7. The number of benzene rings is 2. The fraction of sp³-hybridized carbons (Fsp3) is 0.133. The maximum atomic E-state index is 12.2. The van der Waals surface area contributed by atoms with E-state index in [0.717, 1.165) is 68.3 Å². The normalized spacial score (nSPS) is 11.3. The first-order chi connectivity index (χ1) is 18.2. The van der Waals surface area contributed by atoms with E-state index in [1.165, 1.54) is 0 Å². The van der Waals surface area contributed by atoms with E-state index in [2.05, 4.69) is 67.7 Å². The van der Waals surface area contributed by atoms with Crippen LogP contribution in [-0.2, 0) is 4.79 Å². The van der Waals surface area contributed by atoms with Crippen molar-refractivity contribution in [1.29, 1.82) is 0 Å². The summed E-state index contributed by atoms with van der Waals surface area (Å²) >= 11 is 0. The minimum Gasteiger partial charge on any atom is -0.353 e. The molecule has 3 N–H and O–H groups in total. The minimum absolute atomic E-state index is 0.0119. The Kier molecular flexibility index (Phi) is 5.94. The quantitative estimate of drug-likeness (QED) is 0.227. The van der Waals surface area contributed by atoms with Gasteiger partial charge in [-0.05, 0) is 53.9 Å². The van der Waals surface area contributed by atoms with Gasteiger partial charge >= 0.3 is 0 Å². The molecule has 0 bridgehead atoms. The van der Waals surface area contributed by atoms with Gasteiger partial charge in [0, 0.05) is 52.4 Å². The van der Waals surface area contributed by atoms with E-state index < -0.39 is 0 Å². The van der Waals surface area contributed by atoms with Gasteiger partial charge < -0.3 is 10.3 Å². The zero-order valence-electron chi connectivity index (χ0n) is 20.5. The maximum Gasteiger partial charge on any atom is 0.224 e. The molecule has 182 valence electrons. The fourth-order valence-corrected chi connectivity index (χ4v) is 4.68. The lowest BCUT2D eigenvalue weighted by atomic mass is 10.0. The third-order valence-electron chi connectivity index (χ3n) is 6.57. The molecule has 0 saturated heterocycles. The summed E-state index contributed by atoms with van der Waals surface area (Å²) in [6.45, 7) is 2.07. The second kappa shape index (κ2) is 9.70. The number of nitrogens with zero attached hydrogens (tertiary/aromatic N) is 3. The molecule has 37 heavy (non-hydrogen) atoms. The van der Waals surface area contributed by atoms with Crippen molar-refractivity contribution in [1.82, 2.24) is 25.1 Å². The smallest absolute Gasteiger partial charge is 0.224 e. The zero-order chi connectivity index (χ0) is 25.2. The number of hydrogen-bond acceptors (Lipinski definition) is 4. The highest BCUT2D eigenvalue weighted by atomic mass is 16.1. The van der Waals surface area contributed by atoms with Crippen molar-refractivity contribution in [3.05, 3.63) is 85.5 Å². The van der Waals surface area contributed by atoms with Gasteiger partial charge in [-0.1, -0.05) is 37.6 Å². The molecular weight excluding hydrogens is 460 g/mol. The standard InChI is InChI=1S/C30H26N6O/c1-2-3-9-29(37)33-22-13-21(17-32-18-22)19-10-11-27-25(14-19)30(36-35-27)28-15-24-23(7-4-8-26(24)34-28)20-6-5-12-31-16-20/h4-8,10-18,34H,2-3,9H2,1H3,(H,33,37)(H,35,36). The molecule has 0 aliphatic carbocycles. The molecule has 0 atom stereocenters. The third kappa shape index (κ3) is 4.47. The number of fused-ring (bicyclic) bond motifs is 2. The second-order valence-electron chi connectivity index (χ2n) is 9.14. The van der Waals surface area contributed by atoms with Gasteiger partial charge in [-0.2, -0.15) is 5.10 Å². The van der Waals surface area contributed by atoms with E-state index in [-0.39, 0.29) is 5.91 Å². The van der Waals surface area contributed by atoms with E-state index in [4.69, 9.17) is 0 Å². The molecule has 7 heteroatoms. The molecule has 6 aromatic rings. The average Bonchev–Trinajstić information content (AvgIpc) is 3.56. The zero-order valence-corrected chi connectivity index (χ0v) is 20.5. The monoisotopic (exact) mass is 486 g/mol. The molecular formula is C30H26N6O. The first kappa shape index (κ1) is 22.7. The number of anilines is 1. The molecule has 7 nitrogen and oxygen atoms in total. The van der Waals surface area contributed by atoms with Crippen LogP contribution in [0.25, 0.3) is 55.4 Å². The molecule has 1 amide bonds. The number of carbonyl (C=O) groups excluding carboxylic acids is 1. The van der Waals surface area contributed by atoms with Crippen LogP contribution in [0.3, 0.4) is 0 Å². The molecule has 0 unspecified atom stereocenters. The summed E-state index contributed by atoms with van der Waals surface area (Å²) in [5, 5.41) is 12.9. The van der Waals surface area contributed by atoms with Crippen LogP contribution in [0.15, 0.2) is 85.5 Å². The topological polar surface area (TPSA) is 99.3 Å². The van der Waals surface area contributed by atoms with Crippen LogP contribution < -0.4 is 5.32 Å². The summed E-state index contributed by atoms with van der Waals surface area (Å²) in [5.74, 6) is 0.0119. The Hall–Kier alpha value is -4.78. The predicted molar refractivity (Wildman–Crippen MR) is 148 cm³/mol. The molecule has 4 aromatic heterocycles. The molecule has 0 aliphatic heterocycles. The number of aromatic nitrogens is 5. The van der Waals surface area contributed by atoms with Gasteiger partial charge in [-0.25, -0.2) is 0 Å². The summed E-state index contributed by atoms with van der Waals surface area (Å²) in [6, 6.07) is 20.5. The van der Waals surface area contributed by atoms with Gasteiger partial charge in [0.1, 0.15) is 5.69 Å². The van der Waals surface area contributed by atoms with Crippen LogP contribution in [-0.4, -0.2) is 31.1 Å². The number of amides is 1. The van der Waals surface area contributed by atoms with E-state index in [1.54, 1.807) is 12.4 Å². The number of nitrogens with one attached hydrogen (secondary N) is 3. The van der Waals surface area contributed by atoms with Crippen LogP contribution in [0.1, 0.15) is 26.2 Å². The maximum absolute atomic E-state index is 12.2. The summed E-state index contributed by atoms with van der Waals surface area (Å²) in [5.41, 5.74) is 8.59. The largest absolute Gasteiger partial charge is 0.353 e. The average molecular weight is 487 g/mol. The lowest BCUT2D eigenvalue weighted by Crippen LogP contribution is -2.11. The Morgan fingerprint density at radius 3 is 2.65 bits per heavy atom. The first-order valence-electron chi connectivity index (χ1n) is 12.5. The summed E-state index contributed by atoms with van der Waals surface area (Å²) in [6.07, 6.45) is 9.52. The highest BCUT2D eigenvalue weighted by Gasteiger charge is 2.15. The third-order valence-corrected chi connectivity index (χ3v) is 6.57. The van der Waals surface area contributed by atoms with Gasteiger partial charge in [0.15, 0.2) is 0 Å². The lowest BCUT2D eigenvalue weighted by Gasteiger charge is -2.07. The van der Waals surface area contributed by atoms with Crippen LogP contribution >= 0.6 is 0 Å². The van der Waals surface area contributed by atoms with Gasteiger partial charge in [-0.3, -0.25) is 19.9 Å². The molecule has 0 saturated carbocycles. The van der Waals surface area contributed by atoms with Crippen molar-refractivity contribution in [2.45, 2.75) is 26.2 Å². The van der Waals surface area contributed by atoms with Gasteiger partial charge in [-0.15, -0.1) is 0 Å². The van der Waals surface area contributed by atoms with Gasteiger partial charge in [0.25, 0.3) is 0 Å². The van der Waals surface area contributed by atoms with Crippen molar-refractivity contribution >= 4 is 33.4 Å². The van der Waals surface area contributed by atoms with Crippen LogP contribution in [0.5, 0.6) is 0 Å². The summed E-state index contributed by atoms with van der Waals surface area (Å²) < 4.78 is 0. The fourth-order valence-electron chi connectivity index (χ4n) is 4.68. The molecule has 6 rings (SSSR count). The van der Waals surface area contributed by atoms with Crippen molar-refractivity contribution in [3.8, 4) is 33.6 Å². The van der Waals surface area contributed by atoms with E-state index in [0.29, 0.717) is 12.1 Å². The van der Waals surface area contributed by atoms with E-state index in [9.17, 15) is 4.79 Å². The molecule has 0 aliphatic rings. The Labute approximate surface area is 214 Å². The van der Waals surface area contributed by atoms with E-state index in [1.807, 2.05) is 42.7 Å². The summed E-state index contributed by atoms with van der Waals surface area (Å²) in [7, 11) is 0. The lowest BCUT2D eigenvalue weighted by molar-refractivity contribution is -0.116. The van der Waals surface area contributed by atoms with Crippen LogP contribution in [0.4, 0.5) is 5.69 Å². The molecule has 0 radical (unpaired) electrons. The van der Waals surface area contributed by atoms with Crippen LogP contribution in [0, 0.1) is 0 Å². The van der Waals surface area contributed by atoms with Gasteiger partial charge in [0.05, 0.1) is 23.1 Å². The molecule has 2 aromatic carbocycles. The number of pyridine rings is 2. The Balaban J connectivity index is 1.37. The van der Waals surface area contributed by atoms with Crippen LogP contribution in [0.2, 0.25) is 0 Å². The van der Waals surface area contributed by atoms with Crippen molar-refractivity contribution in [3.63, 3.8) is 0 Å². The van der Waals surface area contributed by atoms with E-state index >= 15 is 0 Å². The second-order valence-corrected chi connectivity index (χ2v) is 9.14. The Bertz CT molecular complexity index is 1720. The number of carbonyl (C=O) groups is 1. The molecule has 0 fully saturated rings. The number of H-pyrrole nitrogens is 2. The molecule has 4 heterocycles. The van der Waals surface area contributed by atoms with Crippen molar-refractivity contribution in [2.24, 2.45) is 0 Å². The first-order valence-corrected chi connectivity index (χ1v) is 12.5.